The van der Waals surface area contributed by atoms with Crippen LogP contribution < -0.4 is 5.32 Å². The Morgan fingerprint density at radius 1 is 1.19 bits per heavy atom. The Morgan fingerprint density at radius 3 is 2.25 bits per heavy atom. The zero-order valence-corrected chi connectivity index (χ0v) is 10.5. The van der Waals surface area contributed by atoms with E-state index in [0.717, 1.165) is 38.6 Å². The van der Waals surface area contributed by atoms with E-state index in [1.54, 1.807) is 0 Å². The lowest BCUT2D eigenvalue weighted by Gasteiger charge is -2.31. The van der Waals surface area contributed by atoms with Gasteiger partial charge in [-0.2, -0.15) is 0 Å². The number of carboxylic acid groups (broad SMARTS) is 1. The summed E-state index contributed by atoms with van der Waals surface area (Å²) in [4.78, 5) is 10.3. The first-order chi connectivity index (χ1) is 7.60. The number of hydrogen-bond acceptors (Lipinski definition) is 3. The summed E-state index contributed by atoms with van der Waals surface area (Å²) < 4.78 is 0. The highest BCUT2D eigenvalue weighted by molar-refractivity contribution is 5.66. The highest BCUT2D eigenvalue weighted by Gasteiger charge is 2.23. The van der Waals surface area contributed by atoms with Crippen molar-refractivity contribution in [2.24, 2.45) is 0 Å². The van der Waals surface area contributed by atoms with Crippen molar-refractivity contribution in [2.75, 3.05) is 13.2 Å². The first-order valence-electron chi connectivity index (χ1n) is 6.18. The monoisotopic (exact) mass is 231 g/mol. The van der Waals surface area contributed by atoms with E-state index in [1.165, 1.54) is 0 Å². The molecule has 0 aromatic rings. The molecular weight excluding hydrogens is 206 g/mol. The molecule has 0 heterocycles. The number of hydrogen-bond donors (Lipinski definition) is 3. The van der Waals surface area contributed by atoms with Gasteiger partial charge < -0.3 is 15.5 Å². The average molecular weight is 231 g/mol. The summed E-state index contributed by atoms with van der Waals surface area (Å²) in [7, 11) is 0. The molecule has 0 aliphatic heterocycles. The lowest BCUT2D eigenvalue weighted by Crippen LogP contribution is -2.47. The molecule has 0 amide bonds. The van der Waals surface area contributed by atoms with Crippen LogP contribution in [-0.2, 0) is 4.79 Å². The second-order valence-electron chi connectivity index (χ2n) is 4.28. The Bertz CT molecular complexity index is 182. The van der Waals surface area contributed by atoms with Crippen molar-refractivity contribution in [2.45, 2.75) is 57.9 Å². The van der Waals surface area contributed by atoms with Crippen LogP contribution >= 0.6 is 0 Å². The first kappa shape index (κ1) is 15.4. The smallest absolute Gasteiger partial charge is 0.303 e. The van der Waals surface area contributed by atoms with Crippen LogP contribution in [0.15, 0.2) is 0 Å². The van der Waals surface area contributed by atoms with Gasteiger partial charge in [0, 0.05) is 12.0 Å². The third-order valence-corrected chi connectivity index (χ3v) is 3.22. The molecule has 0 saturated heterocycles. The minimum Gasteiger partial charge on any atom is -0.481 e. The van der Waals surface area contributed by atoms with Crippen molar-refractivity contribution in [3.05, 3.63) is 0 Å². The van der Waals surface area contributed by atoms with Gasteiger partial charge in [0.15, 0.2) is 0 Å². The molecular formula is C12H25NO3. The predicted octanol–water partition coefficient (Wildman–Crippen LogP) is 1.77. The van der Waals surface area contributed by atoms with Gasteiger partial charge in [-0.05, 0) is 32.2 Å². The quantitative estimate of drug-likeness (QED) is 0.501. The molecule has 0 aliphatic carbocycles. The molecule has 0 spiro atoms. The summed E-state index contributed by atoms with van der Waals surface area (Å²) in [6.45, 7) is 5.14. The molecule has 0 rings (SSSR count). The van der Waals surface area contributed by atoms with Gasteiger partial charge in [0.25, 0.3) is 0 Å². The van der Waals surface area contributed by atoms with Crippen LogP contribution in [-0.4, -0.2) is 34.9 Å². The van der Waals surface area contributed by atoms with E-state index in [1.807, 2.05) is 0 Å². The van der Waals surface area contributed by atoms with Crippen LogP contribution in [0.25, 0.3) is 0 Å². The van der Waals surface area contributed by atoms with Crippen LogP contribution in [0, 0.1) is 0 Å². The van der Waals surface area contributed by atoms with Crippen molar-refractivity contribution in [1.82, 2.24) is 5.32 Å². The van der Waals surface area contributed by atoms with Crippen molar-refractivity contribution < 1.29 is 15.0 Å². The van der Waals surface area contributed by atoms with Crippen LogP contribution in [0.5, 0.6) is 0 Å². The van der Waals surface area contributed by atoms with E-state index in [2.05, 4.69) is 19.2 Å². The maximum absolute atomic E-state index is 10.3. The Kier molecular flexibility index (Phi) is 8.21. The Hall–Kier alpha value is -0.610. The second-order valence-corrected chi connectivity index (χ2v) is 4.28. The van der Waals surface area contributed by atoms with Gasteiger partial charge in [0.05, 0.1) is 6.61 Å². The molecule has 4 nitrogen and oxygen atoms in total. The number of aliphatic hydroxyl groups excluding tert-OH is 1. The molecule has 16 heavy (non-hydrogen) atoms. The van der Waals surface area contributed by atoms with Crippen LogP contribution in [0.1, 0.15) is 52.4 Å². The first-order valence-corrected chi connectivity index (χ1v) is 6.18. The highest BCUT2D eigenvalue weighted by atomic mass is 16.4. The third kappa shape index (κ3) is 6.08. The van der Waals surface area contributed by atoms with Gasteiger partial charge in [-0.3, -0.25) is 4.79 Å². The summed E-state index contributed by atoms with van der Waals surface area (Å²) in [6.07, 6.45) is 4.71. The summed E-state index contributed by atoms with van der Waals surface area (Å²) in [6, 6.07) is 0. The predicted molar refractivity (Wildman–Crippen MR) is 64.5 cm³/mol. The zero-order valence-electron chi connectivity index (χ0n) is 10.5. The normalized spacial score (nSPS) is 11.7. The molecule has 3 N–H and O–H groups in total. The standard InChI is InChI=1S/C12H25NO3/c1-3-12(4-2,10-14)13-9-7-5-6-8-11(15)16/h13-14H,3-10H2,1-2H3,(H,15,16). The van der Waals surface area contributed by atoms with Crippen molar-refractivity contribution in [3.63, 3.8) is 0 Å². The van der Waals surface area contributed by atoms with Crippen molar-refractivity contribution in [3.8, 4) is 0 Å². The fourth-order valence-electron chi connectivity index (χ4n) is 1.71. The zero-order chi connectivity index (χ0) is 12.4. The van der Waals surface area contributed by atoms with E-state index in [4.69, 9.17) is 5.11 Å². The van der Waals surface area contributed by atoms with Gasteiger partial charge in [-0.15, -0.1) is 0 Å². The maximum Gasteiger partial charge on any atom is 0.303 e. The largest absolute Gasteiger partial charge is 0.481 e. The third-order valence-electron chi connectivity index (χ3n) is 3.22. The van der Waals surface area contributed by atoms with E-state index in [9.17, 15) is 9.90 Å². The average Bonchev–Trinajstić information content (AvgIpc) is 2.29. The Balaban J connectivity index is 3.59. The molecule has 0 fully saturated rings. The van der Waals surface area contributed by atoms with Crippen molar-refractivity contribution >= 4 is 5.97 Å². The van der Waals surface area contributed by atoms with Gasteiger partial charge in [0.1, 0.15) is 0 Å². The van der Waals surface area contributed by atoms with Crippen LogP contribution in [0.3, 0.4) is 0 Å². The van der Waals surface area contributed by atoms with Crippen LogP contribution in [0.2, 0.25) is 0 Å². The summed E-state index contributed by atoms with van der Waals surface area (Å²) >= 11 is 0. The molecule has 0 aliphatic rings. The van der Waals surface area contributed by atoms with Crippen molar-refractivity contribution in [1.29, 1.82) is 0 Å². The number of carbonyl (C=O) groups is 1. The van der Waals surface area contributed by atoms with E-state index in [-0.39, 0.29) is 18.6 Å². The molecule has 0 unspecified atom stereocenters. The molecule has 0 bridgehead atoms. The molecule has 0 saturated carbocycles. The topological polar surface area (TPSA) is 69.6 Å². The van der Waals surface area contributed by atoms with Gasteiger partial charge in [-0.1, -0.05) is 20.3 Å². The number of aliphatic carboxylic acids is 1. The molecule has 0 aromatic heterocycles. The molecule has 0 radical (unpaired) electrons. The Labute approximate surface area is 98.1 Å². The summed E-state index contributed by atoms with van der Waals surface area (Å²) in [5.74, 6) is -0.722. The van der Waals surface area contributed by atoms with E-state index in [0.29, 0.717) is 0 Å². The fourth-order valence-corrected chi connectivity index (χ4v) is 1.71. The number of nitrogens with one attached hydrogen (secondary N) is 1. The molecule has 4 heteroatoms. The summed E-state index contributed by atoms with van der Waals surface area (Å²) in [5.41, 5.74) is -0.146. The minimum absolute atomic E-state index is 0.146. The van der Waals surface area contributed by atoms with Gasteiger partial charge in [-0.25, -0.2) is 0 Å². The van der Waals surface area contributed by atoms with Gasteiger partial charge in [0.2, 0.25) is 0 Å². The minimum atomic E-state index is -0.722. The molecule has 96 valence electrons. The number of aliphatic hydroxyl groups is 1. The SMILES string of the molecule is CCC(CC)(CO)NCCCCCC(=O)O. The highest BCUT2D eigenvalue weighted by Crippen LogP contribution is 2.14. The number of unbranched alkanes of at least 4 members (excludes halogenated alkanes) is 2. The van der Waals surface area contributed by atoms with E-state index >= 15 is 0 Å². The van der Waals surface area contributed by atoms with Gasteiger partial charge >= 0.3 is 5.97 Å². The summed E-state index contributed by atoms with van der Waals surface area (Å²) in [5, 5.41) is 21.1. The van der Waals surface area contributed by atoms with E-state index < -0.39 is 5.97 Å². The lowest BCUT2D eigenvalue weighted by molar-refractivity contribution is -0.137. The van der Waals surface area contributed by atoms with Crippen LogP contribution in [0.4, 0.5) is 0 Å². The number of rotatable bonds is 10. The molecule has 0 atom stereocenters. The molecule has 0 aromatic carbocycles. The Morgan fingerprint density at radius 2 is 1.81 bits per heavy atom. The lowest BCUT2D eigenvalue weighted by atomic mass is 9.94. The maximum atomic E-state index is 10.3. The fraction of sp³-hybridized carbons (Fsp3) is 0.917. The number of carboxylic acids is 1. The second kappa shape index (κ2) is 8.53.